The molecule has 1 unspecified atom stereocenters. The molecule has 0 spiro atoms. The third-order valence-corrected chi connectivity index (χ3v) is 6.21. The summed E-state index contributed by atoms with van der Waals surface area (Å²) in [4.78, 5) is 22.7. The highest BCUT2D eigenvalue weighted by atomic mass is 16.5. The Morgan fingerprint density at radius 2 is 2.22 bits per heavy atom. The van der Waals surface area contributed by atoms with E-state index in [1.54, 1.807) is 0 Å². The van der Waals surface area contributed by atoms with Gasteiger partial charge in [-0.1, -0.05) is 12.6 Å². The number of anilines is 2. The average Bonchev–Trinajstić information content (AvgIpc) is 3.18. The molecule has 3 aromatic rings. The fourth-order valence-corrected chi connectivity index (χ4v) is 4.59. The Morgan fingerprint density at radius 1 is 1.31 bits per heavy atom. The Hall–Kier alpha value is -3.67. The van der Waals surface area contributed by atoms with E-state index >= 15 is 0 Å². The van der Waals surface area contributed by atoms with Gasteiger partial charge in [0.25, 0.3) is 0 Å². The van der Waals surface area contributed by atoms with Crippen molar-refractivity contribution in [2.45, 2.75) is 26.4 Å². The zero-order valence-electron chi connectivity index (χ0n) is 18.2. The van der Waals surface area contributed by atoms with E-state index in [-0.39, 0.29) is 5.91 Å². The first-order valence-electron chi connectivity index (χ1n) is 10.9. The molecule has 1 N–H and O–H groups in total. The van der Waals surface area contributed by atoms with Crippen LogP contribution in [-0.4, -0.2) is 33.9 Å². The number of carbonyl (C=O) groups is 1. The van der Waals surface area contributed by atoms with Crippen LogP contribution >= 0.6 is 0 Å². The molecule has 162 valence electrons. The second-order valence-corrected chi connectivity index (χ2v) is 8.53. The molecule has 2 aliphatic heterocycles. The van der Waals surface area contributed by atoms with Crippen molar-refractivity contribution < 1.29 is 9.53 Å². The minimum Gasteiger partial charge on any atom is -0.487 e. The van der Waals surface area contributed by atoms with Crippen molar-refractivity contribution in [1.82, 2.24) is 14.9 Å². The summed E-state index contributed by atoms with van der Waals surface area (Å²) in [6, 6.07) is 10.4. The average molecular weight is 427 g/mol. The van der Waals surface area contributed by atoms with Crippen LogP contribution in [0.2, 0.25) is 0 Å². The van der Waals surface area contributed by atoms with Gasteiger partial charge in [-0.05, 0) is 72.7 Å². The summed E-state index contributed by atoms with van der Waals surface area (Å²) >= 11 is 0. The van der Waals surface area contributed by atoms with Gasteiger partial charge < -0.3 is 15.0 Å². The molecule has 2 aliphatic rings. The molecule has 0 bridgehead atoms. The molecule has 4 heterocycles. The Morgan fingerprint density at radius 3 is 3.06 bits per heavy atom. The van der Waals surface area contributed by atoms with Crippen LogP contribution in [0.25, 0.3) is 11.1 Å². The van der Waals surface area contributed by atoms with Gasteiger partial charge in [0.15, 0.2) is 0 Å². The van der Waals surface area contributed by atoms with Crippen molar-refractivity contribution in [3.63, 3.8) is 0 Å². The molecule has 6 heteroatoms. The monoisotopic (exact) mass is 426 g/mol. The van der Waals surface area contributed by atoms with E-state index < -0.39 is 0 Å². The van der Waals surface area contributed by atoms with Gasteiger partial charge in [-0.3, -0.25) is 9.78 Å². The van der Waals surface area contributed by atoms with E-state index in [9.17, 15) is 4.79 Å². The number of ether oxygens (including phenoxy) is 1. The first-order valence-corrected chi connectivity index (χ1v) is 10.9. The van der Waals surface area contributed by atoms with Gasteiger partial charge >= 0.3 is 0 Å². The highest BCUT2D eigenvalue weighted by Gasteiger charge is 2.25. The minimum absolute atomic E-state index is 0.0202. The second kappa shape index (κ2) is 8.46. The fourth-order valence-electron chi connectivity index (χ4n) is 4.59. The van der Waals surface area contributed by atoms with Crippen LogP contribution in [0.4, 0.5) is 11.5 Å². The molecule has 1 saturated heterocycles. The number of likely N-dealkylation sites (tertiary alicyclic amines) is 1. The highest BCUT2D eigenvalue weighted by Crippen LogP contribution is 2.38. The number of benzene rings is 1. The maximum atomic E-state index is 11.9. The van der Waals surface area contributed by atoms with Crippen LogP contribution in [0.15, 0.2) is 61.6 Å². The molecule has 1 fully saturated rings. The summed E-state index contributed by atoms with van der Waals surface area (Å²) in [7, 11) is 0. The van der Waals surface area contributed by atoms with E-state index in [2.05, 4.69) is 40.1 Å². The number of aryl methyl sites for hydroxylation is 1. The van der Waals surface area contributed by atoms with Crippen molar-refractivity contribution in [3.8, 4) is 16.9 Å². The Kier molecular flexibility index (Phi) is 5.35. The van der Waals surface area contributed by atoms with Crippen LogP contribution in [0.5, 0.6) is 5.75 Å². The van der Waals surface area contributed by atoms with Crippen molar-refractivity contribution in [3.05, 3.63) is 78.3 Å². The largest absolute Gasteiger partial charge is 0.487 e. The molecule has 5 rings (SSSR count). The van der Waals surface area contributed by atoms with E-state index in [1.165, 1.54) is 11.6 Å². The highest BCUT2D eigenvalue weighted by molar-refractivity contribution is 5.87. The number of hydrogen-bond donors (Lipinski definition) is 1. The zero-order chi connectivity index (χ0) is 22.1. The predicted molar refractivity (Wildman–Crippen MR) is 125 cm³/mol. The normalized spacial score (nSPS) is 16.9. The number of aromatic nitrogens is 2. The Labute approximate surface area is 188 Å². The first-order chi connectivity index (χ1) is 15.6. The second-order valence-electron chi connectivity index (χ2n) is 8.53. The van der Waals surface area contributed by atoms with E-state index in [4.69, 9.17) is 4.74 Å². The zero-order valence-corrected chi connectivity index (χ0v) is 18.2. The van der Waals surface area contributed by atoms with Crippen molar-refractivity contribution >= 4 is 17.4 Å². The molecule has 1 atom stereocenters. The van der Waals surface area contributed by atoms with Crippen LogP contribution in [-0.2, 0) is 17.8 Å². The molecule has 0 saturated carbocycles. The van der Waals surface area contributed by atoms with Gasteiger partial charge in [0.05, 0.1) is 5.69 Å². The topological polar surface area (TPSA) is 67.4 Å². The maximum absolute atomic E-state index is 11.9. The molecule has 1 amide bonds. The summed E-state index contributed by atoms with van der Waals surface area (Å²) in [5.74, 6) is 2.10. The lowest BCUT2D eigenvalue weighted by molar-refractivity contribution is -0.125. The molecule has 32 heavy (non-hydrogen) atoms. The number of carbonyl (C=O) groups excluding carboxylic acids is 1. The molecular weight excluding hydrogens is 400 g/mol. The number of pyridine rings is 2. The molecule has 2 aromatic heterocycles. The summed E-state index contributed by atoms with van der Waals surface area (Å²) in [5, 5.41) is 3.49. The van der Waals surface area contributed by atoms with Gasteiger partial charge in [0.2, 0.25) is 5.91 Å². The van der Waals surface area contributed by atoms with Gasteiger partial charge in [-0.25, -0.2) is 4.98 Å². The van der Waals surface area contributed by atoms with E-state index in [1.807, 2.05) is 42.5 Å². The maximum Gasteiger partial charge on any atom is 0.245 e. The number of amides is 1. The number of fused-ring (bicyclic) bond motifs is 2. The molecule has 0 aliphatic carbocycles. The van der Waals surface area contributed by atoms with Crippen LogP contribution in [0, 0.1) is 12.8 Å². The third kappa shape index (κ3) is 3.96. The lowest BCUT2D eigenvalue weighted by Gasteiger charge is -2.15. The van der Waals surface area contributed by atoms with Crippen molar-refractivity contribution in [1.29, 1.82) is 0 Å². The summed E-state index contributed by atoms with van der Waals surface area (Å²) in [6.07, 6.45) is 8.89. The SMILES string of the molecule is C=CC(=O)N1CCC(Cc2ccc3c(c2)Nc2nccc(-c4cncc(C)c4)c2CO3)C1. The number of rotatable bonds is 4. The standard InChI is InChI=1S/C26H26N4O2/c1-3-25(31)30-9-7-19(15-30)11-18-4-5-24-23(12-18)29-26-22(16-32-24)21(6-8-28-26)20-10-17(2)13-27-14-20/h3-6,8,10,12-14,19H,1,7,9,11,15-16H2,2H3,(H,28,29). The predicted octanol–water partition coefficient (Wildman–Crippen LogP) is 4.67. The van der Waals surface area contributed by atoms with Crippen molar-refractivity contribution in [2.75, 3.05) is 18.4 Å². The molecule has 1 aromatic carbocycles. The van der Waals surface area contributed by atoms with Crippen LogP contribution < -0.4 is 10.1 Å². The smallest absolute Gasteiger partial charge is 0.245 e. The number of nitrogens with zero attached hydrogens (tertiary/aromatic N) is 3. The van der Waals surface area contributed by atoms with Gasteiger partial charge in [0.1, 0.15) is 18.2 Å². The quantitative estimate of drug-likeness (QED) is 0.615. The molecule has 6 nitrogen and oxygen atoms in total. The fraction of sp³-hybridized carbons (Fsp3) is 0.269. The minimum atomic E-state index is 0.0202. The Balaban J connectivity index is 1.38. The lowest BCUT2D eigenvalue weighted by atomic mass is 9.98. The molecular formula is C26H26N4O2. The number of hydrogen-bond acceptors (Lipinski definition) is 5. The first kappa shape index (κ1) is 20.2. The van der Waals surface area contributed by atoms with Gasteiger partial charge in [0, 0.05) is 42.8 Å². The van der Waals surface area contributed by atoms with Crippen molar-refractivity contribution in [2.24, 2.45) is 5.92 Å². The number of nitrogens with one attached hydrogen (secondary N) is 1. The Bertz CT molecular complexity index is 1190. The van der Waals surface area contributed by atoms with Gasteiger partial charge in [-0.15, -0.1) is 0 Å². The summed E-state index contributed by atoms with van der Waals surface area (Å²) in [5.41, 5.74) is 6.41. The van der Waals surface area contributed by atoms with E-state index in [0.29, 0.717) is 12.5 Å². The van der Waals surface area contributed by atoms with E-state index in [0.717, 1.165) is 65.4 Å². The van der Waals surface area contributed by atoms with Crippen LogP contribution in [0.1, 0.15) is 23.1 Å². The van der Waals surface area contributed by atoms with Gasteiger partial charge in [-0.2, -0.15) is 0 Å². The summed E-state index contributed by atoms with van der Waals surface area (Å²) < 4.78 is 6.17. The third-order valence-electron chi connectivity index (χ3n) is 6.21. The molecule has 0 radical (unpaired) electrons. The van der Waals surface area contributed by atoms with Crippen LogP contribution in [0.3, 0.4) is 0 Å². The lowest BCUT2D eigenvalue weighted by Crippen LogP contribution is -2.26. The summed E-state index contributed by atoms with van der Waals surface area (Å²) in [6.45, 7) is 7.66.